The molecule has 1 heterocycles. The molecule has 0 bridgehead atoms. The molecule has 2 heteroatoms. The van der Waals surface area contributed by atoms with Gasteiger partial charge in [-0.25, -0.2) is 0 Å². The summed E-state index contributed by atoms with van der Waals surface area (Å²) in [5, 5.41) is 10.3. The van der Waals surface area contributed by atoms with Gasteiger partial charge in [0.15, 0.2) is 0 Å². The number of nitrogens with zero attached hydrogens (tertiary/aromatic N) is 1. The Balaban J connectivity index is 1.67. The van der Waals surface area contributed by atoms with E-state index in [0.29, 0.717) is 0 Å². The molecule has 118 valence electrons. The molecule has 0 amide bonds. The van der Waals surface area contributed by atoms with Crippen LogP contribution in [-0.2, 0) is 13.0 Å². The van der Waals surface area contributed by atoms with Gasteiger partial charge in [-0.2, -0.15) is 0 Å². The van der Waals surface area contributed by atoms with Crippen LogP contribution in [0.25, 0.3) is 0 Å². The van der Waals surface area contributed by atoms with Gasteiger partial charge < -0.3 is 9.67 Å². The van der Waals surface area contributed by atoms with Crippen LogP contribution in [-0.4, -0.2) is 9.67 Å². The van der Waals surface area contributed by atoms with E-state index in [-0.39, 0.29) is 11.5 Å². The van der Waals surface area contributed by atoms with E-state index in [9.17, 15) is 5.11 Å². The van der Waals surface area contributed by atoms with Gasteiger partial charge in [0, 0.05) is 24.0 Å². The van der Waals surface area contributed by atoms with Crippen molar-refractivity contribution in [1.82, 2.24) is 4.57 Å². The van der Waals surface area contributed by atoms with Crippen LogP contribution in [0, 0.1) is 17.3 Å². The third kappa shape index (κ3) is 3.36. The van der Waals surface area contributed by atoms with Crippen LogP contribution in [0.4, 0.5) is 0 Å². The van der Waals surface area contributed by atoms with E-state index in [4.69, 9.17) is 0 Å². The van der Waals surface area contributed by atoms with Gasteiger partial charge in [-0.1, -0.05) is 40.0 Å². The molecule has 21 heavy (non-hydrogen) atoms. The Hall–Kier alpha value is -0.760. The van der Waals surface area contributed by atoms with Crippen molar-refractivity contribution in [1.29, 1.82) is 0 Å². The summed E-state index contributed by atoms with van der Waals surface area (Å²) in [7, 11) is 0. The second-order valence-corrected chi connectivity index (χ2v) is 8.40. The summed E-state index contributed by atoms with van der Waals surface area (Å²) in [4.78, 5) is 0. The maximum Gasteiger partial charge on any atom is 0.0812 e. The minimum absolute atomic E-state index is 0.224. The Kier molecular flexibility index (Phi) is 4.18. The number of hydrogen-bond acceptors (Lipinski definition) is 1. The lowest BCUT2D eigenvalue weighted by atomic mass is 9.75. The summed E-state index contributed by atoms with van der Waals surface area (Å²) in [5.41, 5.74) is 2.80. The molecule has 1 fully saturated rings. The van der Waals surface area contributed by atoms with Crippen LogP contribution in [0.15, 0.2) is 12.3 Å². The van der Waals surface area contributed by atoms with E-state index in [2.05, 4.69) is 37.6 Å². The minimum Gasteiger partial charge on any atom is -0.388 e. The van der Waals surface area contributed by atoms with Crippen molar-refractivity contribution in [3.8, 4) is 0 Å². The molecule has 3 atom stereocenters. The number of aliphatic hydroxyl groups excluding tert-OH is 1. The number of aliphatic hydroxyl groups is 1. The molecule has 1 aromatic rings. The highest BCUT2D eigenvalue weighted by molar-refractivity contribution is 5.29. The molecular weight excluding hydrogens is 258 g/mol. The smallest absolute Gasteiger partial charge is 0.0812 e. The van der Waals surface area contributed by atoms with Crippen LogP contribution >= 0.6 is 0 Å². The van der Waals surface area contributed by atoms with Gasteiger partial charge in [-0.05, 0) is 49.0 Å². The fourth-order valence-electron chi connectivity index (χ4n) is 4.54. The van der Waals surface area contributed by atoms with Crippen molar-refractivity contribution in [3.05, 3.63) is 23.5 Å². The fraction of sp³-hybridized carbons (Fsp3) is 0.789. The molecule has 0 saturated heterocycles. The number of hydrogen-bond donors (Lipinski definition) is 1. The molecule has 0 radical (unpaired) electrons. The molecular formula is C19H31NO. The number of aryl methyl sites for hydroxylation is 1. The Morgan fingerprint density at radius 1 is 1.33 bits per heavy atom. The summed E-state index contributed by atoms with van der Waals surface area (Å²) in [6.07, 6.45) is 10.9. The highest BCUT2D eigenvalue weighted by Gasteiger charge is 2.33. The Labute approximate surface area is 129 Å². The molecule has 3 unspecified atom stereocenters. The van der Waals surface area contributed by atoms with Crippen molar-refractivity contribution >= 4 is 0 Å². The van der Waals surface area contributed by atoms with Crippen molar-refractivity contribution in [2.75, 3.05) is 0 Å². The van der Waals surface area contributed by atoms with Crippen molar-refractivity contribution < 1.29 is 5.11 Å². The summed E-state index contributed by atoms with van der Waals surface area (Å²) in [6, 6.07) is 2.15. The predicted molar refractivity (Wildman–Crippen MR) is 87.2 cm³/mol. The summed E-state index contributed by atoms with van der Waals surface area (Å²) < 4.78 is 2.43. The van der Waals surface area contributed by atoms with Crippen LogP contribution < -0.4 is 0 Å². The van der Waals surface area contributed by atoms with Gasteiger partial charge in [0.1, 0.15) is 0 Å². The Morgan fingerprint density at radius 2 is 2.14 bits per heavy atom. The van der Waals surface area contributed by atoms with E-state index in [1.54, 1.807) is 0 Å². The number of aromatic nitrogens is 1. The second kappa shape index (κ2) is 5.79. The van der Waals surface area contributed by atoms with Crippen LogP contribution in [0.2, 0.25) is 0 Å². The summed E-state index contributed by atoms with van der Waals surface area (Å²) in [6.45, 7) is 8.09. The molecule has 3 rings (SSSR count). The first-order valence-corrected chi connectivity index (χ1v) is 8.80. The molecule has 1 N–H and O–H groups in total. The molecule has 1 aromatic heterocycles. The average Bonchev–Trinajstić information content (AvgIpc) is 2.78. The molecule has 2 nitrogen and oxygen atoms in total. The zero-order valence-corrected chi connectivity index (χ0v) is 13.9. The summed E-state index contributed by atoms with van der Waals surface area (Å²) >= 11 is 0. The molecule has 2 aliphatic rings. The zero-order chi connectivity index (χ0) is 15.0. The third-order valence-electron chi connectivity index (χ3n) is 5.69. The summed E-state index contributed by atoms with van der Waals surface area (Å²) in [5.74, 6) is 1.83. The lowest BCUT2D eigenvalue weighted by Gasteiger charge is -2.34. The van der Waals surface area contributed by atoms with Gasteiger partial charge in [0.25, 0.3) is 0 Å². The largest absolute Gasteiger partial charge is 0.388 e. The average molecular weight is 289 g/mol. The first-order chi connectivity index (χ1) is 9.94. The van der Waals surface area contributed by atoms with Gasteiger partial charge in [0.05, 0.1) is 6.10 Å². The lowest BCUT2D eigenvalue weighted by molar-refractivity contribution is 0.0977. The van der Waals surface area contributed by atoms with Gasteiger partial charge in [-0.3, -0.25) is 0 Å². The van der Waals surface area contributed by atoms with Crippen molar-refractivity contribution in [2.45, 2.75) is 78.4 Å². The van der Waals surface area contributed by atoms with E-state index < -0.39 is 0 Å². The highest BCUT2D eigenvalue weighted by Crippen LogP contribution is 2.41. The Bertz CT molecular complexity index is 488. The van der Waals surface area contributed by atoms with Crippen LogP contribution in [0.1, 0.15) is 76.7 Å². The first kappa shape index (κ1) is 15.1. The molecule has 0 spiro atoms. The first-order valence-electron chi connectivity index (χ1n) is 8.80. The quantitative estimate of drug-likeness (QED) is 0.856. The molecule has 0 aromatic carbocycles. The minimum atomic E-state index is -0.264. The number of rotatable bonds is 3. The van der Waals surface area contributed by atoms with Crippen molar-refractivity contribution in [3.63, 3.8) is 0 Å². The Morgan fingerprint density at radius 3 is 2.90 bits per heavy atom. The van der Waals surface area contributed by atoms with E-state index in [0.717, 1.165) is 31.2 Å². The maximum atomic E-state index is 10.3. The monoisotopic (exact) mass is 289 g/mol. The zero-order valence-electron chi connectivity index (χ0n) is 13.9. The highest BCUT2D eigenvalue weighted by atomic mass is 16.3. The second-order valence-electron chi connectivity index (χ2n) is 8.40. The SMILES string of the molecule is CC1CCCC(CCn2ccc3c2CC(C)(C)CC3O)C1. The van der Waals surface area contributed by atoms with E-state index in [1.165, 1.54) is 43.4 Å². The predicted octanol–water partition coefficient (Wildman–Crippen LogP) is 4.71. The van der Waals surface area contributed by atoms with Gasteiger partial charge >= 0.3 is 0 Å². The normalized spacial score (nSPS) is 31.9. The van der Waals surface area contributed by atoms with Gasteiger partial charge in [-0.15, -0.1) is 0 Å². The standard InChI is InChI=1S/C19H31NO/c1-14-5-4-6-15(11-14)7-9-20-10-8-16-17(20)12-19(2,3)13-18(16)21/h8,10,14-15,18,21H,4-7,9,11-13H2,1-3H3. The van der Waals surface area contributed by atoms with E-state index >= 15 is 0 Å². The maximum absolute atomic E-state index is 10.3. The third-order valence-corrected chi connectivity index (χ3v) is 5.69. The van der Waals surface area contributed by atoms with Crippen LogP contribution in [0.3, 0.4) is 0 Å². The molecule has 1 saturated carbocycles. The van der Waals surface area contributed by atoms with Crippen molar-refractivity contribution in [2.24, 2.45) is 17.3 Å². The fourth-order valence-corrected chi connectivity index (χ4v) is 4.54. The number of fused-ring (bicyclic) bond motifs is 1. The lowest BCUT2D eigenvalue weighted by Crippen LogP contribution is -2.27. The van der Waals surface area contributed by atoms with Crippen LogP contribution in [0.5, 0.6) is 0 Å². The van der Waals surface area contributed by atoms with Gasteiger partial charge in [0.2, 0.25) is 0 Å². The topological polar surface area (TPSA) is 25.2 Å². The molecule has 0 aliphatic heterocycles. The van der Waals surface area contributed by atoms with E-state index in [1.807, 2.05) is 0 Å². The molecule has 2 aliphatic carbocycles.